The highest BCUT2D eigenvalue weighted by Gasteiger charge is 2.24. The highest BCUT2D eigenvalue weighted by Crippen LogP contribution is 2.24. The Balaban J connectivity index is 1.66. The number of benzene rings is 1. The zero-order chi connectivity index (χ0) is 20.4. The molecule has 1 amide bonds. The highest BCUT2D eigenvalue weighted by molar-refractivity contribution is 5.99. The molecule has 1 aromatic heterocycles. The van der Waals surface area contributed by atoms with Crippen LogP contribution in [0.15, 0.2) is 30.5 Å². The van der Waals surface area contributed by atoms with Gasteiger partial charge in [-0.1, -0.05) is 6.07 Å². The zero-order valence-electron chi connectivity index (χ0n) is 16.7. The van der Waals surface area contributed by atoms with Crippen LogP contribution in [0.4, 0.5) is 10.1 Å². The van der Waals surface area contributed by atoms with E-state index in [1.54, 1.807) is 29.9 Å². The monoisotopic (exact) mass is 387 g/mol. The second-order valence-corrected chi connectivity index (χ2v) is 7.41. The SMILES string of the molecule is CC(=O)c1cc(C(=O)NCc2ccc(N3C[C@@H](C)O[C@@H](C)C3)c(F)c2)n(C)c1. The van der Waals surface area contributed by atoms with E-state index in [-0.39, 0.29) is 36.3 Å². The number of anilines is 1. The van der Waals surface area contributed by atoms with Crippen molar-refractivity contribution in [1.82, 2.24) is 9.88 Å². The molecule has 1 aliphatic heterocycles. The molecule has 2 atom stereocenters. The summed E-state index contributed by atoms with van der Waals surface area (Å²) in [5.74, 6) is -0.722. The van der Waals surface area contributed by atoms with Crippen molar-refractivity contribution in [2.45, 2.75) is 39.5 Å². The summed E-state index contributed by atoms with van der Waals surface area (Å²) >= 11 is 0. The van der Waals surface area contributed by atoms with Gasteiger partial charge in [0.25, 0.3) is 5.91 Å². The first-order valence-electron chi connectivity index (χ1n) is 9.39. The topological polar surface area (TPSA) is 63.6 Å². The van der Waals surface area contributed by atoms with Crippen LogP contribution in [-0.4, -0.2) is 41.6 Å². The fourth-order valence-corrected chi connectivity index (χ4v) is 3.55. The number of nitrogens with one attached hydrogen (secondary N) is 1. The first-order valence-corrected chi connectivity index (χ1v) is 9.39. The number of carbonyl (C=O) groups excluding carboxylic acids is 2. The first kappa shape index (κ1) is 20.1. The average Bonchev–Trinajstić information content (AvgIpc) is 3.01. The summed E-state index contributed by atoms with van der Waals surface area (Å²) in [4.78, 5) is 25.8. The second-order valence-electron chi connectivity index (χ2n) is 7.41. The van der Waals surface area contributed by atoms with Gasteiger partial charge in [-0.15, -0.1) is 0 Å². The number of aryl methyl sites for hydroxylation is 1. The fraction of sp³-hybridized carbons (Fsp3) is 0.429. The van der Waals surface area contributed by atoms with Crippen molar-refractivity contribution in [2.75, 3.05) is 18.0 Å². The van der Waals surface area contributed by atoms with Gasteiger partial charge in [0.15, 0.2) is 5.78 Å². The maximum absolute atomic E-state index is 14.7. The number of amides is 1. The molecule has 150 valence electrons. The molecule has 0 aliphatic carbocycles. The predicted molar refractivity (Wildman–Crippen MR) is 105 cm³/mol. The molecule has 0 spiro atoms. The van der Waals surface area contributed by atoms with Crippen molar-refractivity contribution in [3.05, 3.63) is 53.1 Å². The smallest absolute Gasteiger partial charge is 0.268 e. The van der Waals surface area contributed by atoms with E-state index in [1.807, 2.05) is 24.8 Å². The van der Waals surface area contributed by atoms with E-state index in [0.29, 0.717) is 35.6 Å². The summed E-state index contributed by atoms with van der Waals surface area (Å²) in [5.41, 5.74) is 2.09. The van der Waals surface area contributed by atoms with Gasteiger partial charge in [0.05, 0.1) is 17.9 Å². The molecule has 7 heteroatoms. The Morgan fingerprint density at radius 1 is 1.21 bits per heavy atom. The van der Waals surface area contributed by atoms with Crippen LogP contribution >= 0.6 is 0 Å². The van der Waals surface area contributed by atoms with Gasteiger partial charge in [0.2, 0.25) is 0 Å². The summed E-state index contributed by atoms with van der Waals surface area (Å²) in [6.07, 6.45) is 1.72. The van der Waals surface area contributed by atoms with Gasteiger partial charge in [-0.05, 0) is 44.5 Å². The minimum absolute atomic E-state index is 0.0484. The lowest BCUT2D eigenvalue weighted by Gasteiger charge is -2.37. The van der Waals surface area contributed by atoms with Crippen molar-refractivity contribution in [1.29, 1.82) is 0 Å². The Labute approximate surface area is 164 Å². The maximum Gasteiger partial charge on any atom is 0.268 e. The minimum atomic E-state index is -0.314. The number of nitrogens with zero attached hydrogens (tertiary/aromatic N) is 2. The molecule has 0 saturated carbocycles. The molecule has 0 radical (unpaired) electrons. The van der Waals surface area contributed by atoms with Gasteiger partial charge < -0.3 is 19.5 Å². The summed E-state index contributed by atoms with van der Waals surface area (Å²) in [5, 5.41) is 2.78. The van der Waals surface area contributed by atoms with Gasteiger partial charge in [0, 0.05) is 38.4 Å². The highest BCUT2D eigenvalue weighted by atomic mass is 19.1. The Morgan fingerprint density at radius 2 is 1.89 bits per heavy atom. The quantitative estimate of drug-likeness (QED) is 0.802. The molecule has 28 heavy (non-hydrogen) atoms. The predicted octanol–water partition coefficient (Wildman–Crippen LogP) is 2.91. The molecule has 1 fully saturated rings. The molecule has 0 unspecified atom stereocenters. The third-order valence-corrected chi connectivity index (χ3v) is 4.87. The van der Waals surface area contributed by atoms with E-state index in [4.69, 9.17) is 4.74 Å². The lowest BCUT2D eigenvalue weighted by atomic mass is 10.1. The number of hydrogen-bond acceptors (Lipinski definition) is 4. The number of ether oxygens (including phenoxy) is 1. The first-order chi connectivity index (χ1) is 13.2. The van der Waals surface area contributed by atoms with Crippen molar-refractivity contribution >= 4 is 17.4 Å². The molecule has 6 nitrogen and oxygen atoms in total. The maximum atomic E-state index is 14.7. The van der Waals surface area contributed by atoms with Crippen LogP contribution in [0.25, 0.3) is 0 Å². The largest absolute Gasteiger partial charge is 0.372 e. The van der Waals surface area contributed by atoms with Gasteiger partial charge in [-0.2, -0.15) is 0 Å². The Hall–Kier alpha value is -2.67. The van der Waals surface area contributed by atoms with Crippen LogP contribution in [-0.2, 0) is 18.3 Å². The molecular formula is C21H26FN3O3. The number of hydrogen-bond donors (Lipinski definition) is 1. The van der Waals surface area contributed by atoms with Crippen molar-refractivity contribution in [3.8, 4) is 0 Å². The second kappa shape index (κ2) is 8.14. The fourth-order valence-electron chi connectivity index (χ4n) is 3.55. The molecule has 1 aromatic carbocycles. The van der Waals surface area contributed by atoms with E-state index in [0.717, 1.165) is 0 Å². The number of halogens is 1. The molecule has 2 aromatic rings. The van der Waals surface area contributed by atoms with Crippen LogP contribution in [0, 0.1) is 5.82 Å². The van der Waals surface area contributed by atoms with E-state index >= 15 is 0 Å². The summed E-state index contributed by atoms with van der Waals surface area (Å²) in [6.45, 7) is 6.90. The number of morpholine rings is 1. The third-order valence-electron chi connectivity index (χ3n) is 4.87. The normalized spacial score (nSPS) is 19.5. The molecule has 3 rings (SSSR count). The molecule has 0 bridgehead atoms. The molecular weight excluding hydrogens is 361 g/mol. The summed E-state index contributed by atoms with van der Waals surface area (Å²) < 4.78 is 22.0. The Kier molecular flexibility index (Phi) is 5.84. The van der Waals surface area contributed by atoms with Crippen LogP contribution in [0.1, 0.15) is 47.2 Å². The number of rotatable bonds is 5. The molecule has 2 heterocycles. The summed E-state index contributed by atoms with van der Waals surface area (Å²) in [7, 11) is 1.71. The Morgan fingerprint density at radius 3 is 2.46 bits per heavy atom. The standard InChI is InChI=1S/C21H26FN3O3/c1-13-10-25(11-14(2)28-13)19-6-5-16(7-18(19)22)9-23-21(27)20-8-17(15(3)26)12-24(20)4/h5-8,12-14H,9-11H2,1-4H3,(H,23,27)/t13-,14+. The van der Waals surface area contributed by atoms with Crippen LogP contribution in [0.3, 0.4) is 0 Å². The molecule has 1 aliphatic rings. The van der Waals surface area contributed by atoms with Gasteiger partial charge in [-0.3, -0.25) is 9.59 Å². The Bertz CT molecular complexity index is 883. The zero-order valence-corrected chi connectivity index (χ0v) is 16.7. The van der Waals surface area contributed by atoms with E-state index < -0.39 is 0 Å². The van der Waals surface area contributed by atoms with Crippen LogP contribution in [0.5, 0.6) is 0 Å². The number of carbonyl (C=O) groups is 2. The average molecular weight is 387 g/mol. The number of aromatic nitrogens is 1. The number of Topliss-reactive ketones (excluding diaryl/α,β-unsaturated/α-hetero) is 1. The minimum Gasteiger partial charge on any atom is -0.372 e. The van der Waals surface area contributed by atoms with Gasteiger partial charge in [0.1, 0.15) is 11.5 Å². The number of ketones is 1. The van der Waals surface area contributed by atoms with Crippen molar-refractivity contribution in [3.63, 3.8) is 0 Å². The van der Waals surface area contributed by atoms with E-state index in [9.17, 15) is 14.0 Å². The van der Waals surface area contributed by atoms with E-state index in [1.165, 1.54) is 13.0 Å². The lowest BCUT2D eigenvalue weighted by Crippen LogP contribution is -2.45. The third kappa shape index (κ3) is 4.42. The van der Waals surface area contributed by atoms with Crippen LogP contribution in [0.2, 0.25) is 0 Å². The van der Waals surface area contributed by atoms with Crippen LogP contribution < -0.4 is 10.2 Å². The lowest BCUT2D eigenvalue weighted by molar-refractivity contribution is -0.00539. The summed E-state index contributed by atoms with van der Waals surface area (Å²) in [6, 6.07) is 6.57. The van der Waals surface area contributed by atoms with Gasteiger partial charge >= 0.3 is 0 Å². The molecule has 1 saturated heterocycles. The van der Waals surface area contributed by atoms with Gasteiger partial charge in [-0.25, -0.2) is 4.39 Å². The van der Waals surface area contributed by atoms with E-state index in [2.05, 4.69) is 5.32 Å². The molecule has 1 N–H and O–H groups in total. The van der Waals surface area contributed by atoms with Crippen molar-refractivity contribution < 1.29 is 18.7 Å². The van der Waals surface area contributed by atoms with Crippen molar-refractivity contribution in [2.24, 2.45) is 7.05 Å².